The maximum atomic E-state index is 11.8. The summed E-state index contributed by atoms with van der Waals surface area (Å²) in [5.74, 6) is 1.44. The predicted molar refractivity (Wildman–Crippen MR) is 66.6 cm³/mol. The van der Waals surface area contributed by atoms with E-state index in [1.807, 2.05) is 25.7 Å². The Morgan fingerprint density at radius 3 is 2.24 bits per heavy atom. The van der Waals surface area contributed by atoms with E-state index >= 15 is 0 Å². The highest BCUT2D eigenvalue weighted by molar-refractivity contribution is 5.68. The van der Waals surface area contributed by atoms with Crippen molar-refractivity contribution in [3.63, 3.8) is 0 Å². The van der Waals surface area contributed by atoms with Gasteiger partial charge in [-0.2, -0.15) is 0 Å². The van der Waals surface area contributed by atoms with Gasteiger partial charge in [-0.05, 0) is 51.9 Å². The van der Waals surface area contributed by atoms with Gasteiger partial charge < -0.3 is 15.4 Å². The minimum absolute atomic E-state index is 0.170. The number of rotatable bonds is 1. The zero-order chi connectivity index (χ0) is 12.6. The van der Waals surface area contributed by atoms with Crippen molar-refractivity contribution in [2.24, 2.45) is 17.6 Å². The van der Waals surface area contributed by atoms with Crippen LogP contribution >= 0.6 is 0 Å². The van der Waals surface area contributed by atoms with Crippen molar-refractivity contribution >= 4 is 6.09 Å². The van der Waals surface area contributed by atoms with E-state index in [0.717, 1.165) is 37.8 Å². The number of nitrogens with zero attached hydrogens (tertiary/aromatic N) is 1. The van der Waals surface area contributed by atoms with E-state index in [9.17, 15) is 4.79 Å². The topological polar surface area (TPSA) is 55.6 Å². The van der Waals surface area contributed by atoms with Gasteiger partial charge in [-0.15, -0.1) is 0 Å². The first-order valence-corrected chi connectivity index (χ1v) is 6.60. The van der Waals surface area contributed by atoms with Crippen molar-refractivity contribution < 1.29 is 9.53 Å². The van der Waals surface area contributed by atoms with Crippen LogP contribution in [0.2, 0.25) is 0 Å². The highest BCUT2D eigenvalue weighted by Gasteiger charge is 2.41. The predicted octanol–water partition coefficient (Wildman–Crippen LogP) is 1.98. The molecular weight excluding hydrogens is 216 g/mol. The van der Waals surface area contributed by atoms with Gasteiger partial charge in [0.2, 0.25) is 0 Å². The fraction of sp³-hybridized carbons (Fsp3) is 0.923. The minimum Gasteiger partial charge on any atom is -0.444 e. The van der Waals surface area contributed by atoms with E-state index in [1.165, 1.54) is 6.42 Å². The lowest BCUT2D eigenvalue weighted by Gasteiger charge is -2.33. The summed E-state index contributed by atoms with van der Waals surface area (Å²) in [5.41, 5.74) is 5.47. The first kappa shape index (κ1) is 12.7. The summed E-state index contributed by atoms with van der Waals surface area (Å²) >= 11 is 0. The third-order valence-electron chi connectivity index (χ3n) is 3.69. The summed E-state index contributed by atoms with van der Waals surface area (Å²) in [4.78, 5) is 13.7. The molecule has 1 heterocycles. The third kappa shape index (κ3) is 3.35. The van der Waals surface area contributed by atoms with Crippen LogP contribution in [-0.4, -0.2) is 35.7 Å². The van der Waals surface area contributed by atoms with Crippen molar-refractivity contribution in [1.29, 1.82) is 0 Å². The molecular formula is C13H24N2O2. The molecule has 0 aromatic heterocycles. The molecule has 2 atom stereocenters. The van der Waals surface area contributed by atoms with Gasteiger partial charge in [-0.25, -0.2) is 4.79 Å². The van der Waals surface area contributed by atoms with E-state index in [2.05, 4.69) is 0 Å². The number of ether oxygens (including phenoxy) is 1. The van der Waals surface area contributed by atoms with Gasteiger partial charge in [0.15, 0.2) is 0 Å². The number of piperidine rings is 1. The zero-order valence-corrected chi connectivity index (χ0v) is 11.1. The van der Waals surface area contributed by atoms with Gasteiger partial charge >= 0.3 is 6.09 Å². The number of likely N-dealkylation sites (tertiary alicyclic amines) is 1. The van der Waals surface area contributed by atoms with E-state index < -0.39 is 5.60 Å². The van der Waals surface area contributed by atoms with Crippen molar-refractivity contribution in [3.8, 4) is 0 Å². The normalized spacial score (nSPS) is 30.2. The maximum Gasteiger partial charge on any atom is 0.410 e. The van der Waals surface area contributed by atoms with E-state index in [1.54, 1.807) is 0 Å². The third-order valence-corrected chi connectivity index (χ3v) is 3.69. The Hall–Kier alpha value is -0.770. The van der Waals surface area contributed by atoms with E-state index in [0.29, 0.717) is 6.04 Å². The highest BCUT2D eigenvalue weighted by Crippen LogP contribution is 2.40. The number of carbonyl (C=O) groups excluding carboxylic acids is 1. The Morgan fingerprint density at radius 1 is 1.29 bits per heavy atom. The van der Waals surface area contributed by atoms with Gasteiger partial charge in [0.05, 0.1) is 0 Å². The van der Waals surface area contributed by atoms with Gasteiger partial charge in [-0.1, -0.05) is 0 Å². The summed E-state index contributed by atoms with van der Waals surface area (Å²) in [6.45, 7) is 7.36. The lowest BCUT2D eigenvalue weighted by molar-refractivity contribution is 0.0175. The molecule has 2 N–H and O–H groups in total. The minimum atomic E-state index is -0.396. The largest absolute Gasteiger partial charge is 0.444 e. The summed E-state index contributed by atoms with van der Waals surface area (Å²) in [6, 6.07) is 0.424. The molecule has 0 aromatic rings. The molecule has 1 amide bonds. The molecule has 2 rings (SSSR count). The van der Waals surface area contributed by atoms with Crippen molar-refractivity contribution in [1.82, 2.24) is 4.90 Å². The molecule has 4 nitrogen and oxygen atoms in total. The average Bonchev–Trinajstić information content (AvgIpc) is 2.93. The molecule has 17 heavy (non-hydrogen) atoms. The maximum absolute atomic E-state index is 11.8. The molecule has 2 fully saturated rings. The van der Waals surface area contributed by atoms with Crippen LogP contribution in [0.4, 0.5) is 4.79 Å². The van der Waals surface area contributed by atoms with E-state index in [-0.39, 0.29) is 6.09 Å². The van der Waals surface area contributed by atoms with Crippen LogP contribution in [0.5, 0.6) is 0 Å². The molecule has 4 heteroatoms. The highest BCUT2D eigenvalue weighted by atomic mass is 16.6. The van der Waals surface area contributed by atoms with Crippen LogP contribution in [-0.2, 0) is 4.74 Å². The first-order chi connectivity index (χ1) is 7.87. The summed E-state index contributed by atoms with van der Waals surface area (Å²) in [5, 5.41) is 0. The molecule has 1 saturated carbocycles. The molecule has 1 aliphatic heterocycles. The lowest BCUT2D eigenvalue weighted by Crippen LogP contribution is -2.42. The Morgan fingerprint density at radius 2 is 1.82 bits per heavy atom. The quantitative estimate of drug-likeness (QED) is 0.762. The number of amides is 1. The van der Waals surface area contributed by atoms with Crippen LogP contribution in [0.1, 0.15) is 40.0 Å². The van der Waals surface area contributed by atoms with Gasteiger partial charge in [-0.3, -0.25) is 0 Å². The fourth-order valence-electron chi connectivity index (χ4n) is 2.61. The van der Waals surface area contributed by atoms with Gasteiger partial charge in [0, 0.05) is 19.1 Å². The van der Waals surface area contributed by atoms with E-state index in [4.69, 9.17) is 10.5 Å². The Kier molecular flexibility index (Phi) is 3.34. The van der Waals surface area contributed by atoms with Gasteiger partial charge in [0.25, 0.3) is 0 Å². The standard InChI is InChI=1S/C13H24N2O2/c1-13(2,3)17-12(16)15-6-4-9(5-7-15)10-8-11(10)14/h9-11H,4-8,14H2,1-3H3/t10-,11-/m0/s1. The molecule has 0 radical (unpaired) electrons. The summed E-state index contributed by atoms with van der Waals surface area (Å²) < 4.78 is 5.37. The average molecular weight is 240 g/mol. The Balaban J connectivity index is 1.76. The molecule has 1 saturated heterocycles. The second-order valence-electron chi connectivity index (χ2n) is 6.37. The smallest absolute Gasteiger partial charge is 0.410 e. The molecule has 1 aliphatic carbocycles. The molecule has 0 aromatic carbocycles. The zero-order valence-electron chi connectivity index (χ0n) is 11.1. The van der Waals surface area contributed by atoms with Crippen LogP contribution in [0.3, 0.4) is 0 Å². The summed E-state index contributed by atoms with van der Waals surface area (Å²) in [7, 11) is 0. The van der Waals surface area contributed by atoms with Crippen LogP contribution in [0, 0.1) is 11.8 Å². The summed E-state index contributed by atoms with van der Waals surface area (Å²) in [6.07, 6.45) is 3.17. The number of hydrogen-bond donors (Lipinski definition) is 1. The van der Waals surface area contributed by atoms with Crippen LogP contribution in [0.15, 0.2) is 0 Å². The lowest BCUT2D eigenvalue weighted by atomic mass is 9.92. The van der Waals surface area contributed by atoms with Crippen LogP contribution < -0.4 is 5.73 Å². The van der Waals surface area contributed by atoms with Crippen molar-refractivity contribution in [3.05, 3.63) is 0 Å². The van der Waals surface area contributed by atoms with Crippen LogP contribution in [0.25, 0.3) is 0 Å². The number of carbonyl (C=O) groups is 1. The van der Waals surface area contributed by atoms with Crippen molar-refractivity contribution in [2.45, 2.75) is 51.7 Å². The second-order valence-corrected chi connectivity index (χ2v) is 6.37. The molecule has 0 unspecified atom stereocenters. The molecule has 0 spiro atoms. The first-order valence-electron chi connectivity index (χ1n) is 6.60. The molecule has 98 valence electrons. The second kappa shape index (κ2) is 4.48. The van der Waals surface area contributed by atoms with Crippen molar-refractivity contribution in [2.75, 3.05) is 13.1 Å². The molecule has 2 aliphatic rings. The SMILES string of the molecule is CC(C)(C)OC(=O)N1CCC([C@@H]2C[C@@H]2N)CC1. The Bertz CT molecular complexity index is 290. The number of hydrogen-bond acceptors (Lipinski definition) is 3. The number of nitrogens with two attached hydrogens (primary N) is 1. The van der Waals surface area contributed by atoms with Gasteiger partial charge in [0.1, 0.15) is 5.60 Å². The Labute approximate surface area is 103 Å². The molecule has 0 bridgehead atoms. The fourth-order valence-corrected chi connectivity index (χ4v) is 2.61. The monoisotopic (exact) mass is 240 g/mol.